The van der Waals surface area contributed by atoms with Gasteiger partial charge in [-0.25, -0.2) is 23.1 Å². The van der Waals surface area contributed by atoms with Gasteiger partial charge in [-0.3, -0.25) is 0 Å². The van der Waals surface area contributed by atoms with E-state index in [-0.39, 0.29) is 16.6 Å². The van der Waals surface area contributed by atoms with E-state index >= 15 is 0 Å². The molecular weight excluding hydrogens is 276 g/mol. The molecule has 2 aromatic heterocycles. The number of halogens is 1. The van der Waals surface area contributed by atoms with Crippen LogP contribution in [0.2, 0.25) is 5.15 Å². The molecule has 2 aromatic rings. The van der Waals surface area contributed by atoms with E-state index in [4.69, 9.17) is 11.6 Å². The third-order valence-corrected chi connectivity index (χ3v) is 3.90. The average molecular weight is 287 g/mol. The molecule has 0 saturated carbocycles. The third kappa shape index (κ3) is 3.28. The molecule has 0 saturated heterocycles. The average Bonchev–Trinajstić information content (AvgIpc) is 2.82. The van der Waals surface area contributed by atoms with Crippen molar-refractivity contribution < 1.29 is 8.42 Å². The fraction of sp³-hybridized carbons (Fsp3) is 0.200. The smallest absolute Gasteiger partial charge is 0.240 e. The highest BCUT2D eigenvalue weighted by molar-refractivity contribution is 7.89. The van der Waals surface area contributed by atoms with Crippen molar-refractivity contribution in [2.24, 2.45) is 0 Å². The zero-order chi connectivity index (χ0) is 13.0. The number of aromatic nitrogens is 3. The number of nitrogens with zero attached hydrogens (tertiary/aromatic N) is 3. The van der Waals surface area contributed by atoms with Crippen LogP contribution in [0.4, 0.5) is 0 Å². The normalized spacial score (nSPS) is 11.6. The predicted octanol–water partition coefficient (Wildman–Crippen LogP) is 0.910. The molecule has 0 unspecified atom stereocenters. The molecule has 0 atom stereocenters. The van der Waals surface area contributed by atoms with Crippen molar-refractivity contribution in [3.63, 3.8) is 0 Å². The second-order valence-electron chi connectivity index (χ2n) is 3.51. The number of hydrogen-bond acceptors (Lipinski definition) is 4. The second-order valence-corrected chi connectivity index (χ2v) is 5.67. The van der Waals surface area contributed by atoms with E-state index in [0.29, 0.717) is 6.54 Å². The Morgan fingerprint density at radius 3 is 2.89 bits per heavy atom. The fourth-order valence-electron chi connectivity index (χ4n) is 1.36. The zero-order valence-electron chi connectivity index (χ0n) is 9.32. The number of hydrogen-bond donors (Lipinski definition) is 1. The summed E-state index contributed by atoms with van der Waals surface area (Å²) in [5.74, 6) is 0. The number of pyridine rings is 1. The Balaban J connectivity index is 1.99. The lowest BCUT2D eigenvalue weighted by Crippen LogP contribution is -2.27. The maximum Gasteiger partial charge on any atom is 0.240 e. The van der Waals surface area contributed by atoms with Crippen LogP contribution in [-0.2, 0) is 16.6 Å². The first kappa shape index (κ1) is 13.0. The van der Waals surface area contributed by atoms with Crippen LogP contribution in [0.25, 0.3) is 0 Å². The van der Waals surface area contributed by atoms with Gasteiger partial charge in [-0.1, -0.05) is 11.6 Å². The second kappa shape index (κ2) is 5.47. The number of rotatable bonds is 5. The predicted molar refractivity (Wildman–Crippen MR) is 66.7 cm³/mol. The first-order chi connectivity index (χ1) is 8.58. The molecule has 0 bridgehead atoms. The van der Waals surface area contributed by atoms with Crippen LogP contribution in [0.15, 0.2) is 41.9 Å². The zero-order valence-corrected chi connectivity index (χ0v) is 10.9. The fourth-order valence-corrected chi connectivity index (χ4v) is 2.64. The van der Waals surface area contributed by atoms with Gasteiger partial charge in [0, 0.05) is 31.7 Å². The molecule has 0 spiro atoms. The summed E-state index contributed by atoms with van der Waals surface area (Å²) in [5, 5.41) is 0.146. The van der Waals surface area contributed by atoms with Crippen LogP contribution in [0, 0.1) is 0 Å². The number of nitrogens with one attached hydrogen (secondary N) is 1. The summed E-state index contributed by atoms with van der Waals surface area (Å²) < 4.78 is 28.0. The lowest BCUT2D eigenvalue weighted by atomic mass is 10.5. The Labute approximate surface area is 110 Å². The van der Waals surface area contributed by atoms with Gasteiger partial charge in [0.05, 0.1) is 11.2 Å². The van der Waals surface area contributed by atoms with Gasteiger partial charge in [-0.2, -0.15) is 0 Å². The first-order valence-electron chi connectivity index (χ1n) is 5.15. The van der Waals surface area contributed by atoms with Crippen molar-refractivity contribution >= 4 is 21.6 Å². The monoisotopic (exact) mass is 286 g/mol. The van der Waals surface area contributed by atoms with E-state index in [1.807, 2.05) is 0 Å². The minimum atomic E-state index is -3.54. The topological polar surface area (TPSA) is 76.9 Å². The Morgan fingerprint density at radius 1 is 1.39 bits per heavy atom. The van der Waals surface area contributed by atoms with Crippen molar-refractivity contribution in [1.82, 2.24) is 19.3 Å². The standard InChI is InChI=1S/C10H11ClN4O2S/c11-10-7-9(1-2-13-10)18(16,17)14-4-6-15-5-3-12-8-15/h1-3,5,7-8,14H,4,6H2. The van der Waals surface area contributed by atoms with Gasteiger partial charge in [-0.05, 0) is 12.1 Å². The van der Waals surface area contributed by atoms with E-state index in [2.05, 4.69) is 14.7 Å². The lowest BCUT2D eigenvalue weighted by Gasteiger charge is -2.07. The maximum atomic E-state index is 11.9. The minimum Gasteiger partial charge on any atom is -0.336 e. The molecule has 2 rings (SSSR count). The Bertz CT molecular complexity index is 613. The van der Waals surface area contributed by atoms with E-state index in [1.54, 1.807) is 23.3 Å². The van der Waals surface area contributed by atoms with Gasteiger partial charge in [0.25, 0.3) is 0 Å². The molecule has 0 aliphatic rings. The van der Waals surface area contributed by atoms with Crippen molar-refractivity contribution in [2.75, 3.05) is 6.54 Å². The highest BCUT2D eigenvalue weighted by atomic mass is 35.5. The molecule has 0 fully saturated rings. The van der Waals surface area contributed by atoms with E-state index in [0.717, 1.165) is 0 Å². The molecule has 8 heteroatoms. The van der Waals surface area contributed by atoms with Gasteiger partial charge in [-0.15, -0.1) is 0 Å². The molecular formula is C10H11ClN4O2S. The highest BCUT2D eigenvalue weighted by Gasteiger charge is 2.13. The highest BCUT2D eigenvalue weighted by Crippen LogP contribution is 2.12. The van der Waals surface area contributed by atoms with Gasteiger partial charge < -0.3 is 4.57 Å². The molecule has 0 radical (unpaired) electrons. The summed E-state index contributed by atoms with van der Waals surface area (Å²) in [7, 11) is -3.54. The van der Waals surface area contributed by atoms with Crippen molar-refractivity contribution in [2.45, 2.75) is 11.4 Å². The van der Waals surface area contributed by atoms with Gasteiger partial charge in [0.15, 0.2) is 0 Å². The van der Waals surface area contributed by atoms with Crippen LogP contribution in [0.5, 0.6) is 0 Å². The van der Waals surface area contributed by atoms with Crippen molar-refractivity contribution in [1.29, 1.82) is 0 Å². The summed E-state index contributed by atoms with van der Waals surface area (Å²) in [6.07, 6.45) is 6.37. The van der Waals surface area contributed by atoms with Gasteiger partial charge in [0.1, 0.15) is 5.15 Å². The first-order valence-corrected chi connectivity index (χ1v) is 7.01. The molecule has 1 N–H and O–H groups in total. The number of imidazole rings is 1. The van der Waals surface area contributed by atoms with Crippen LogP contribution < -0.4 is 4.72 Å². The molecule has 0 aliphatic carbocycles. The summed E-state index contributed by atoms with van der Waals surface area (Å²) in [6, 6.07) is 2.70. The number of sulfonamides is 1. The molecule has 18 heavy (non-hydrogen) atoms. The Kier molecular flexibility index (Phi) is 3.95. The van der Waals surface area contributed by atoms with Crippen molar-refractivity contribution in [3.8, 4) is 0 Å². The maximum absolute atomic E-state index is 11.9. The lowest BCUT2D eigenvalue weighted by molar-refractivity contribution is 0.572. The minimum absolute atomic E-state index is 0.105. The third-order valence-electron chi connectivity index (χ3n) is 2.23. The molecule has 96 valence electrons. The van der Waals surface area contributed by atoms with E-state index in [1.165, 1.54) is 18.3 Å². The summed E-state index contributed by atoms with van der Waals surface area (Å²) in [5.41, 5.74) is 0. The Hall–Kier alpha value is -1.44. The summed E-state index contributed by atoms with van der Waals surface area (Å²) in [4.78, 5) is 7.71. The van der Waals surface area contributed by atoms with Gasteiger partial charge in [0.2, 0.25) is 10.0 Å². The molecule has 0 aliphatic heterocycles. The largest absolute Gasteiger partial charge is 0.336 e. The van der Waals surface area contributed by atoms with Crippen molar-refractivity contribution in [3.05, 3.63) is 42.2 Å². The quantitative estimate of drug-likeness (QED) is 0.829. The molecule has 0 aromatic carbocycles. The Morgan fingerprint density at radius 2 is 2.22 bits per heavy atom. The van der Waals surface area contributed by atoms with Crippen LogP contribution in [0.1, 0.15) is 0 Å². The van der Waals surface area contributed by atoms with Crippen LogP contribution in [-0.4, -0.2) is 29.5 Å². The summed E-state index contributed by atoms with van der Waals surface area (Å²) in [6.45, 7) is 0.788. The van der Waals surface area contributed by atoms with Crippen LogP contribution >= 0.6 is 11.6 Å². The molecule has 6 nitrogen and oxygen atoms in total. The summed E-state index contributed by atoms with van der Waals surface area (Å²) >= 11 is 5.65. The van der Waals surface area contributed by atoms with Crippen LogP contribution in [0.3, 0.4) is 0 Å². The SMILES string of the molecule is O=S(=O)(NCCn1ccnc1)c1ccnc(Cl)c1. The van der Waals surface area contributed by atoms with E-state index < -0.39 is 10.0 Å². The molecule has 2 heterocycles. The van der Waals surface area contributed by atoms with Gasteiger partial charge >= 0.3 is 0 Å². The molecule has 0 amide bonds. The van der Waals surface area contributed by atoms with E-state index in [9.17, 15) is 8.42 Å².